The van der Waals surface area contributed by atoms with Crippen LogP contribution in [0.4, 0.5) is 0 Å². The van der Waals surface area contributed by atoms with Crippen molar-refractivity contribution in [1.82, 2.24) is 10.3 Å². The highest BCUT2D eigenvalue weighted by Crippen LogP contribution is 2.23. The molecule has 1 aromatic carbocycles. The first-order valence-electron chi connectivity index (χ1n) is 7.07. The van der Waals surface area contributed by atoms with Crippen LogP contribution in [0.5, 0.6) is 0 Å². The van der Waals surface area contributed by atoms with Gasteiger partial charge >= 0.3 is 0 Å². The van der Waals surface area contributed by atoms with Gasteiger partial charge in [0.15, 0.2) is 0 Å². The second-order valence-electron chi connectivity index (χ2n) is 5.80. The van der Waals surface area contributed by atoms with Crippen LogP contribution >= 0.6 is 11.6 Å². The molecule has 20 heavy (non-hydrogen) atoms. The molecule has 3 N–H and O–H groups in total. The Morgan fingerprint density at radius 3 is 2.45 bits per heavy atom. The molecule has 4 nitrogen and oxygen atoms in total. The molecule has 2 rings (SSSR count). The molecular formula is C15H24ClN3O. The van der Waals surface area contributed by atoms with E-state index in [1.807, 2.05) is 12.1 Å². The zero-order chi connectivity index (χ0) is 14.6. The highest BCUT2D eigenvalue weighted by Gasteiger charge is 2.35. The molecule has 1 aromatic rings. The van der Waals surface area contributed by atoms with Gasteiger partial charge in [0.2, 0.25) is 0 Å². The molecule has 0 bridgehead atoms. The maximum Gasteiger partial charge on any atom is 0.0594 e. The number of nitrogens with one attached hydrogen (secondary N) is 1. The summed E-state index contributed by atoms with van der Waals surface area (Å²) in [7, 11) is 0. The molecule has 1 aliphatic rings. The number of halogens is 1. The predicted molar refractivity (Wildman–Crippen MR) is 82.7 cm³/mol. The third kappa shape index (κ3) is 3.71. The van der Waals surface area contributed by atoms with E-state index in [0.717, 1.165) is 37.7 Å². The molecule has 1 unspecified atom stereocenters. The fourth-order valence-electron chi connectivity index (χ4n) is 2.73. The van der Waals surface area contributed by atoms with Gasteiger partial charge in [-0.2, -0.15) is 0 Å². The molecule has 1 aliphatic heterocycles. The van der Waals surface area contributed by atoms with E-state index in [1.165, 1.54) is 5.56 Å². The van der Waals surface area contributed by atoms with Crippen LogP contribution in [-0.2, 0) is 11.2 Å². The van der Waals surface area contributed by atoms with Crippen molar-refractivity contribution in [3.8, 4) is 0 Å². The molecule has 0 saturated carbocycles. The van der Waals surface area contributed by atoms with Crippen LogP contribution in [-0.4, -0.2) is 42.8 Å². The second-order valence-corrected chi connectivity index (χ2v) is 6.24. The normalized spacial score (nSPS) is 19.0. The number of ether oxygens (including phenoxy) is 1. The minimum atomic E-state index is -0.0296. The summed E-state index contributed by atoms with van der Waals surface area (Å²) in [5.74, 6) is 5.81. The van der Waals surface area contributed by atoms with Crippen LogP contribution in [0.1, 0.15) is 19.4 Å². The van der Waals surface area contributed by atoms with Crippen molar-refractivity contribution >= 4 is 11.6 Å². The Kier molecular flexibility index (Phi) is 5.41. The molecular weight excluding hydrogens is 274 g/mol. The Bertz CT molecular complexity index is 416. The highest BCUT2D eigenvalue weighted by atomic mass is 35.5. The third-order valence-corrected chi connectivity index (χ3v) is 4.49. The first kappa shape index (κ1) is 15.7. The monoisotopic (exact) mass is 297 g/mol. The third-order valence-electron chi connectivity index (χ3n) is 4.23. The molecule has 112 valence electrons. The van der Waals surface area contributed by atoms with Crippen LogP contribution in [0, 0.1) is 0 Å². The SMILES string of the molecule is CC(C)(C(Cc1ccc(Cl)cc1)NN)N1CCOCC1. The number of morpholine rings is 1. The number of nitrogens with zero attached hydrogens (tertiary/aromatic N) is 1. The van der Waals surface area contributed by atoms with Crippen molar-refractivity contribution in [3.63, 3.8) is 0 Å². The Balaban J connectivity index is 2.07. The van der Waals surface area contributed by atoms with E-state index in [9.17, 15) is 0 Å². The Labute approximate surface area is 126 Å². The summed E-state index contributed by atoms with van der Waals surface area (Å²) in [4.78, 5) is 2.44. The number of nitrogens with two attached hydrogens (primary N) is 1. The number of rotatable bonds is 5. The number of hydrogen-bond acceptors (Lipinski definition) is 4. The summed E-state index contributed by atoms with van der Waals surface area (Å²) < 4.78 is 5.43. The van der Waals surface area contributed by atoms with Gasteiger partial charge in [0.05, 0.1) is 13.2 Å². The molecule has 1 fully saturated rings. The average molecular weight is 298 g/mol. The molecule has 0 spiro atoms. The van der Waals surface area contributed by atoms with Crippen molar-refractivity contribution < 1.29 is 4.74 Å². The van der Waals surface area contributed by atoms with E-state index < -0.39 is 0 Å². The van der Waals surface area contributed by atoms with Gasteiger partial charge in [-0.05, 0) is 38.0 Å². The zero-order valence-electron chi connectivity index (χ0n) is 12.2. The fourth-order valence-corrected chi connectivity index (χ4v) is 2.85. The number of hydrogen-bond donors (Lipinski definition) is 2. The van der Waals surface area contributed by atoms with Crippen molar-refractivity contribution in [3.05, 3.63) is 34.9 Å². The molecule has 0 aliphatic carbocycles. The van der Waals surface area contributed by atoms with E-state index in [0.29, 0.717) is 0 Å². The van der Waals surface area contributed by atoms with Gasteiger partial charge in [-0.25, -0.2) is 0 Å². The summed E-state index contributed by atoms with van der Waals surface area (Å²) in [5, 5.41) is 0.762. The highest BCUT2D eigenvalue weighted by molar-refractivity contribution is 6.30. The van der Waals surface area contributed by atoms with Crippen molar-refractivity contribution in [2.75, 3.05) is 26.3 Å². The van der Waals surface area contributed by atoms with Crippen molar-refractivity contribution in [1.29, 1.82) is 0 Å². The van der Waals surface area contributed by atoms with Gasteiger partial charge in [0.25, 0.3) is 0 Å². The van der Waals surface area contributed by atoms with Crippen molar-refractivity contribution in [2.45, 2.75) is 31.8 Å². The van der Waals surface area contributed by atoms with Crippen molar-refractivity contribution in [2.24, 2.45) is 5.84 Å². The van der Waals surface area contributed by atoms with Crippen LogP contribution in [0.15, 0.2) is 24.3 Å². The zero-order valence-corrected chi connectivity index (χ0v) is 13.0. The fraction of sp³-hybridized carbons (Fsp3) is 0.600. The van der Waals surface area contributed by atoms with Gasteiger partial charge < -0.3 is 4.74 Å². The number of benzene rings is 1. The van der Waals surface area contributed by atoms with Crippen LogP contribution < -0.4 is 11.3 Å². The second kappa shape index (κ2) is 6.87. The quantitative estimate of drug-likeness (QED) is 0.643. The van der Waals surface area contributed by atoms with E-state index >= 15 is 0 Å². The van der Waals surface area contributed by atoms with E-state index in [-0.39, 0.29) is 11.6 Å². The summed E-state index contributed by atoms with van der Waals surface area (Å²) in [6.45, 7) is 7.96. The minimum Gasteiger partial charge on any atom is -0.379 e. The standard InChI is InChI=1S/C15H24ClN3O/c1-15(2,19-7-9-20-10-8-19)14(18-17)11-12-3-5-13(16)6-4-12/h3-6,14,18H,7-11,17H2,1-2H3. The average Bonchev–Trinajstić information content (AvgIpc) is 2.47. The molecule has 0 aromatic heterocycles. The lowest BCUT2D eigenvalue weighted by molar-refractivity contribution is -0.0233. The molecule has 1 heterocycles. The Hall–Kier alpha value is -0.650. The first-order valence-corrected chi connectivity index (χ1v) is 7.45. The van der Waals surface area contributed by atoms with Gasteiger partial charge in [-0.15, -0.1) is 0 Å². The topological polar surface area (TPSA) is 50.5 Å². The Morgan fingerprint density at radius 1 is 1.30 bits per heavy atom. The minimum absolute atomic E-state index is 0.0296. The summed E-state index contributed by atoms with van der Waals surface area (Å²) in [6.07, 6.45) is 0.873. The Morgan fingerprint density at radius 2 is 1.90 bits per heavy atom. The maximum atomic E-state index is 5.93. The summed E-state index contributed by atoms with van der Waals surface area (Å²) >= 11 is 5.93. The van der Waals surface area contributed by atoms with Gasteiger partial charge in [0.1, 0.15) is 0 Å². The lowest BCUT2D eigenvalue weighted by Gasteiger charge is -2.45. The molecule has 0 radical (unpaired) electrons. The maximum absolute atomic E-state index is 5.93. The lowest BCUT2D eigenvalue weighted by Crippen LogP contribution is -2.62. The lowest BCUT2D eigenvalue weighted by atomic mass is 9.87. The summed E-state index contributed by atoms with van der Waals surface area (Å²) in [6, 6.07) is 8.13. The van der Waals surface area contributed by atoms with Gasteiger partial charge in [-0.3, -0.25) is 16.2 Å². The molecule has 1 atom stereocenters. The van der Waals surface area contributed by atoms with Gasteiger partial charge in [0, 0.05) is 29.7 Å². The largest absolute Gasteiger partial charge is 0.379 e. The summed E-state index contributed by atoms with van der Waals surface area (Å²) in [5.41, 5.74) is 4.19. The van der Waals surface area contributed by atoms with E-state index in [1.54, 1.807) is 0 Å². The molecule has 0 amide bonds. The van der Waals surface area contributed by atoms with E-state index in [2.05, 4.69) is 36.3 Å². The molecule has 5 heteroatoms. The number of hydrazine groups is 1. The predicted octanol–water partition coefficient (Wildman–Crippen LogP) is 1.83. The first-order chi connectivity index (χ1) is 9.54. The van der Waals surface area contributed by atoms with E-state index in [4.69, 9.17) is 22.2 Å². The smallest absolute Gasteiger partial charge is 0.0594 e. The molecule has 1 saturated heterocycles. The van der Waals surface area contributed by atoms with Crippen LogP contribution in [0.3, 0.4) is 0 Å². The van der Waals surface area contributed by atoms with Gasteiger partial charge in [-0.1, -0.05) is 23.7 Å². The van der Waals surface area contributed by atoms with Crippen LogP contribution in [0.25, 0.3) is 0 Å². The van der Waals surface area contributed by atoms with Crippen LogP contribution in [0.2, 0.25) is 5.02 Å².